The first-order valence-corrected chi connectivity index (χ1v) is 7.04. The minimum Gasteiger partial charge on any atom is -0.298 e. The molecule has 3 aliphatic rings. The van der Waals surface area contributed by atoms with Crippen LogP contribution in [0.3, 0.4) is 0 Å². The largest absolute Gasteiger partial charge is 0.298 e. The molecule has 0 unspecified atom stereocenters. The Labute approximate surface area is 116 Å². The summed E-state index contributed by atoms with van der Waals surface area (Å²) in [6.07, 6.45) is 0. The standard InChI is InChI=1S/C18H12O2/c19-17-13-9-5-1-2-6-10(9)14(17)16-12-8-4-3-7-11(12)15(13)18(16)20/h1-8,13-16H/t13-,14+,15-,16+. The van der Waals surface area contributed by atoms with E-state index in [0.29, 0.717) is 0 Å². The molecule has 0 radical (unpaired) electrons. The van der Waals surface area contributed by atoms with E-state index < -0.39 is 0 Å². The molecular weight excluding hydrogens is 248 g/mol. The van der Waals surface area contributed by atoms with Gasteiger partial charge in [-0.2, -0.15) is 0 Å². The topological polar surface area (TPSA) is 34.1 Å². The fourth-order valence-corrected chi connectivity index (χ4v) is 4.53. The van der Waals surface area contributed by atoms with E-state index in [9.17, 15) is 9.59 Å². The van der Waals surface area contributed by atoms with Crippen LogP contribution in [0.25, 0.3) is 0 Å². The molecule has 4 bridgehead atoms. The minimum absolute atomic E-state index is 0.247. The van der Waals surface area contributed by atoms with Crippen LogP contribution in [-0.2, 0) is 9.59 Å². The lowest BCUT2D eigenvalue weighted by Gasteiger charge is -2.25. The maximum Gasteiger partial charge on any atom is 0.149 e. The molecule has 0 aliphatic heterocycles. The summed E-state index contributed by atoms with van der Waals surface area (Å²) in [6, 6.07) is 16.0. The highest BCUT2D eigenvalue weighted by Gasteiger charge is 2.61. The van der Waals surface area contributed by atoms with Crippen molar-refractivity contribution in [1.82, 2.24) is 0 Å². The van der Waals surface area contributed by atoms with Crippen molar-refractivity contribution < 1.29 is 9.59 Å². The lowest BCUT2D eigenvalue weighted by atomic mass is 9.74. The summed E-state index contributed by atoms with van der Waals surface area (Å²) in [5.74, 6) is -0.492. The average Bonchev–Trinajstić information content (AvgIpc) is 2.81. The molecule has 0 amide bonds. The molecule has 0 saturated heterocycles. The van der Waals surface area contributed by atoms with Crippen molar-refractivity contribution in [3.63, 3.8) is 0 Å². The molecule has 3 aliphatic carbocycles. The van der Waals surface area contributed by atoms with Crippen LogP contribution in [0.4, 0.5) is 0 Å². The summed E-state index contributed by atoms with van der Waals surface area (Å²) < 4.78 is 0. The Morgan fingerprint density at radius 1 is 0.500 bits per heavy atom. The molecule has 0 N–H and O–H groups in total. The van der Waals surface area contributed by atoms with Crippen LogP contribution in [0.2, 0.25) is 0 Å². The van der Waals surface area contributed by atoms with Gasteiger partial charge in [-0.1, -0.05) is 48.5 Å². The highest BCUT2D eigenvalue weighted by atomic mass is 16.1. The van der Waals surface area contributed by atoms with Crippen LogP contribution >= 0.6 is 0 Å². The molecule has 96 valence electrons. The fraction of sp³-hybridized carbons (Fsp3) is 0.222. The zero-order valence-corrected chi connectivity index (χ0v) is 10.7. The quantitative estimate of drug-likeness (QED) is 0.730. The van der Waals surface area contributed by atoms with Crippen molar-refractivity contribution >= 4 is 11.6 Å². The van der Waals surface area contributed by atoms with Crippen LogP contribution in [0.15, 0.2) is 48.5 Å². The van der Waals surface area contributed by atoms with Crippen molar-refractivity contribution in [1.29, 1.82) is 0 Å². The molecule has 0 aromatic heterocycles. The number of hydrogen-bond donors (Lipinski definition) is 0. The van der Waals surface area contributed by atoms with Gasteiger partial charge in [0.05, 0.1) is 23.7 Å². The summed E-state index contributed by atoms with van der Waals surface area (Å²) in [4.78, 5) is 25.5. The van der Waals surface area contributed by atoms with E-state index in [4.69, 9.17) is 0 Å². The van der Waals surface area contributed by atoms with Gasteiger partial charge < -0.3 is 0 Å². The summed E-state index contributed by atoms with van der Waals surface area (Å²) in [7, 11) is 0. The molecule has 5 rings (SSSR count). The predicted octanol–water partition coefficient (Wildman–Crippen LogP) is 2.90. The second kappa shape index (κ2) is 3.26. The first-order chi connectivity index (χ1) is 9.79. The van der Waals surface area contributed by atoms with Gasteiger partial charge in [-0.25, -0.2) is 0 Å². The Balaban J connectivity index is 1.87. The summed E-state index contributed by atoms with van der Waals surface area (Å²) >= 11 is 0. The average molecular weight is 260 g/mol. The number of fused-ring (bicyclic) bond motifs is 2. The summed E-state index contributed by atoms with van der Waals surface area (Å²) in [5, 5.41) is 0. The molecule has 2 aromatic carbocycles. The fourth-order valence-electron chi connectivity index (χ4n) is 4.53. The van der Waals surface area contributed by atoms with Gasteiger partial charge in [0.2, 0.25) is 0 Å². The van der Waals surface area contributed by atoms with E-state index in [1.165, 1.54) is 0 Å². The van der Waals surface area contributed by atoms with Gasteiger partial charge in [0.25, 0.3) is 0 Å². The molecular formula is C18H12O2. The molecule has 0 saturated carbocycles. The number of benzene rings is 2. The van der Waals surface area contributed by atoms with Crippen molar-refractivity contribution in [2.75, 3.05) is 0 Å². The van der Waals surface area contributed by atoms with E-state index in [-0.39, 0.29) is 35.2 Å². The van der Waals surface area contributed by atoms with E-state index in [1.54, 1.807) is 0 Å². The van der Waals surface area contributed by atoms with Crippen LogP contribution in [-0.4, -0.2) is 11.6 Å². The van der Waals surface area contributed by atoms with Crippen LogP contribution < -0.4 is 0 Å². The number of carbonyl (C=O) groups excluding carboxylic acids is 2. The van der Waals surface area contributed by atoms with Crippen molar-refractivity contribution in [2.24, 2.45) is 0 Å². The first-order valence-electron chi connectivity index (χ1n) is 7.04. The molecule has 20 heavy (non-hydrogen) atoms. The number of carbonyl (C=O) groups is 2. The summed E-state index contributed by atoms with van der Waals surface area (Å²) in [6.45, 7) is 0. The van der Waals surface area contributed by atoms with Gasteiger partial charge in [0.1, 0.15) is 11.6 Å². The van der Waals surface area contributed by atoms with Gasteiger partial charge >= 0.3 is 0 Å². The van der Waals surface area contributed by atoms with Crippen LogP contribution in [0.5, 0.6) is 0 Å². The third-order valence-electron chi connectivity index (χ3n) is 5.23. The predicted molar refractivity (Wildman–Crippen MR) is 73.9 cm³/mol. The molecule has 0 spiro atoms. The third kappa shape index (κ3) is 0.965. The van der Waals surface area contributed by atoms with Gasteiger partial charge in [-0.15, -0.1) is 0 Å². The second-order valence-corrected chi connectivity index (χ2v) is 5.97. The Morgan fingerprint density at radius 3 is 1.00 bits per heavy atom. The van der Waals surface area contributed by atoms with Crippen LogP contribution in [0.1, 0.15) is 45.9 Å². The molecule has 0 heterocycles. The van der Waals surface area contributed by atoms with Crippen molar-refractivity contribution in [2.45, 2.75) is 23.7 Å². The van der Waals surface area contributed by atoms with Gasteiger partial charge in [-0.05, 0) is 22.3 Å². The van der Waals surface area contributed by atoms with E-state index in [1.807, 2.05) is 48.5 Å². The monoisotopic (exact) mass is 260 g/mol. The Bertz CT molecular complexity index is 660. The van der Waals surface area contributed by atoms with E-state index >= 15 is 0 Å². The van der Waals surface area contributed by atoms with E-state index in [2.05, 4.69) is 0 Å². The Hall–Kier alpha value is -2.22. The smallest absolute Gasteiger partial charge is 0.149 e. The van der Waals surface area contributed by atoms with E-state index in [0.717, 1.165) is 22.3 Å². The maximum atomic E-state index is 12.8. The zero-order valence-electron chi connectivity index (χ0n) is 10.7. The normalized spacial score (nSPS) is 32.2. The number of ketones is 2. The van der Waals surface area contributed by atoms with Crippen molar-refractivity contribution in [3.05, 3.63) is 70.8 Å². The Morgan fingerprint density at radius 2 is 0.750 bits per heavy atom. The third-order valence-corrected chi connectivity index (χ3v) is 5.23. The zero-order chi connectivity index (χ0) is 13.4. The molecule has 2 aromatic rings. The first kappa shape index (κ1) is 10.6. The van der Waals surface area contributed by atoms with Gasteiger partial charge in [0.15, 0.2) is 0 Å². The lowest BCUT2D eigenvalue weighted by molar-refractivity contribution is -0.133. The number of Topliss-reactive ketones (excluding diaryl/α,β-unsaturated/α-hetero) is 2. The van der Waals surface area contributed by atoms with Gasteiger partial charge in [-0.3, -0.25) is 9.59 Å². The molecule has 2 heteroatoms. The van der Waals surface area contributed by atoms with Crippen molar-refractivity contribution in [3.8, 4) is 0 Å². The molecule has 0 fully saturated rings. The maximum absolute atomic E-state index is 12.8. The second-order valence-electron chi connectivity index (χ2n) is 5.97. The highest BCUT2D eigenvalue weighted by molar-refractivity contribution is 6.15. The van der Waals surface area contributed by atoms with Crippen LogP contribution in [0, 0.1) is 0 Å². The SMILES string of the molecule is O=C1[C@@H]2c3ccccc3[C@H]1[C@H]1C(=O)[C@@H]2c2ccccc21. The summed E-state index contributed by atoms with van der Waals surface area (Å²) in [5.41, 5.74) is 4.33. The number of hydrogen-bond acceptors (Lipinski definition) is 2. The lowest BCUT2D eigenvalue weighted by Crippen LogP contribution is -2.32. The Kier molecular flexibility index (Phi) is 1.72. The van der Waals surface area contributed by atoms with Gasteiger partial charge in [0, 0.05) is 0 Å². The number of rotatable bonds is 0. The highest BCUT2D eigenvalue weighted by Crippen LogP contribution is 2.62. The molecule has 4 atom stereocenters. The minimum atomic E-state index is -0.247. The molecule has 2 nitrogen and oxygen atoms in total.